The summed E-state index contributed by atoms with van der Waals surface area (Å²) in [7, 11) is 0. The number of amides is 1. The summed E-state index contributed by atoms with van der Waals surface area (Å²) in [6.45, 7) is 2.02. The fraction of sp³-hybridized carbons (Fsp3) is 0.364. The van der Waals surface area contributed by atoms with Crippen LogP contribution in [-0.4, -0.2) is 10.2 Å². The highest BCUT2D eigenvalue weighted by Gasteiger charge is 2.56. The molecule has 16 heavy (non-hydrogen) atoms. The van der Waals surface area contributed by atoms with Gasteiger partial charge in [-0.1, -0.05) is 6.07 Å². The number of carbonyl (C=O) groups excluding carboxylic acids is 1. The molecular weight excluding hydrogens is 360 g/mol. The Morgan fingerprint density at radius 1 is 1.56 bits per heavy atom. The first-order valence-electron chi connectivity index (χ1n) is 4.85. The molecule has 1 aliphatic carbocycles. The molecule has 86 valence electrons. The largest absolute Gasteiger partial charge is 0.326 e. The fourth-order valence-electron chi connectivity index (χ4n) is 1.40. The SMILES string of the molecule is Cc1ccc(NC(=O)[C@H]2CC2(Cl)Cl)cc1I. The van der Waals surface area contributed by atoms with E-state index >= 15 is 0 Å². The quantitative estimate of drug-likeness (QED) is 0.624. The molecule has 1 N–H and O–H groups in total. The first-order valence-corrected chi connectivity index (χ1v) is 6.68. The Morgan fingerprint density at radius 2 is 2.19 bits per heavy atom. The van der Waals surface area contributed by atoms with Crippen molar-refractivity contribution in [2.75, 3.05) is 5.32 Å². The molecular formula is C11H10Cl2INO. The van der Waals surface area contributed by atoms with Gasteiger partial charge in [-0.15, -0.1) is 23.2 Å². The minimum atomic E-state index is -0.859. The Kier molecular flexibility index (Phi) is 3.39. The molecule has 0 aliphatic heterocycles. The average molecular weight is 370 g/mol. The highest BCUT2D eigenvalue weighted by atomic mass is 127. The molecule has 1 amide bonds. The molecule has 0 saturated heterocycles. The number of benzene rings is 1. The van der Waals surface area contributed by atoms with E-state index in [2.05, 4.69) is 27.9 Å². The molecule has 1 atom stereocenters. The van der Waals surface area contributed by atoms with Crippen molar-refractivity contribution in [3.05, 3.63) is 27.3 Å². The molecule has 1 fully saturated rings. The number of anilines is 1. The minimum Gasteiger partial charge on any atom is -0.326 e. The van der Waals surface area contributed by atoms with Crippen LogP contribution in [0.1, 0.15) is 12.0 Å². The molecule has 0 unspecified atom stereocenters. The first kappa shape index (κ1) is 12.5. The maximum absolute atomic E-state index is 11.7. The normalized spacial score (nSPS) is 21.6. The first-order chi connectivity index (χ1) is 7.40. The van der Waals surface area contributed by atoms with E-state index in [1.54, 1.807) is 0 Å². The van der Waals surface area contributed by atoms with Crippen LogP contribution in [-0.2, 0) is 4.79 Å². The summed E-state index contributed by atoms with van der Waals surface area (Å²) >= 11 is 13.9. The van der Waals surface area contributed by atoms with Crippen molar-refractivity contribution >= 4 is 57.4 Å². The summed E-state index contributed by atoms with van der Waals surface area (Å²) in [6, 6.07) is 5.78. The standard InChI is InChI=1S/C11H10Cl2INO/c1-6-2-3-7(4-9(6)14)15-10(16)8-5-11(8,12)13/h2-4,8H,5H2,1H3,(H,15,16)/t8-/m1/s1. The van der Waals surface area contributed by atoms with Gasteiger partial charge in [0.2, 0.25) is 5.91 Å². The number of hydrogen-bond donors (Lipinski definition) is 1. The molecule has 2 nitrogen and oxygen atoms in total. The van der Waals surface area contributed by atoms with E-state index in [1.807, 2.05) is 25.1 Å². The summed E-state index contributed by atoms with van der Waals surface area (Å²) < 4.78 is 0.260. The topological polar surface area (TPSA) is 29.1 Å². The Bertz CT molecular complexity index is 448. The smallest absolute Gasteiger partial charge is 0.230 e. The van der Waals surface area contributed by atoms with E-state index < -0.39 is 4.33 Å². The van der Waals surface area contributed by atoms with E-state index in [0.717, 1.165) is 9.26 Å². The third kappa shape index (κ3) is 2.63. The summed E-state index contributed by atoms with van der Waals surface area (Å²) in [5.74, 6) is -0.389. The monoisotopic (exact) mass is 369 g/mol. The number of hydrogen-bond acceptors (Lipinski definition) is 1. The summed E-state index contributed by atoms with van der Waals surface area (Å²) in [4.78, 5) is 11.7. The van der Waals surface area contributed by atoms with Crippen LogP contribution in [0, 0.1) is 16.4 Å². The number of alkyl halides is 2. The second kappa shape index (κ2) is 4.35. The fourth-order valence-corrected chi connectivity index (χ4v) is 2.42. The third-order valence-electron chi connectivity index (χ3n) is 2.58. The zero-order valence-corrected chi connectivity index (χ0v) is 12.2. The van der Waals surface area contributed by atoms with Gasteiger partial charge in [0.15, 0.2) is 0 Å². The molecule has 0 spiro atoms. The zero-order valence-electron chi connectivity index (χ0n) is 8.56. The molecule has 0 heterocycles. The van der Waals surface area contributed by atoms with E-state index in [4.69, 9.17) is 23.2 Å². The van der Waals surface area contributed by atoms with Crippen molar-refractivity contribution in [3.8, 4) is 0 Å². The van der Waals surface area contributed by atoms with Gasteiger partial charge in [-0.2, -0.15) is 0 Å². The highest BCUT2D eigenvalue weighted by molar-refractivity contribution is 14.1. The van der Waals surface area contributed by atoms with Crippen LogP contribution in [0.5, 0.6) is 0 Å². The van der Waals surface area contributed by atoms with Gasteiger partial charge in [-0.25, -0.2) is 0 Å². The summed E-state index contributed by atoms with van der Waals surface area (Å²) in [6.07, 6.45) is 0.533. The molecule has 0 bridgehead atoms. The van der Waals surface area contributed by atoms with Gasteiger partial charge in [0.05, 0.1) is 5.92 Å². The van der Waals surface area contributed by atoms with E-state index in [1.165, 1.54) is 5.56 Å². The summed E-state index contributed by atoms with van der Waals surface area (Å²) in [5, 5.41) is 2.81. The number of rotatable bonds is 2. The maximum Gasteiger partial charge on any atom is 0.230 e. The van der Waals surface area contributed by atoms with Crippen molar-refractivity contribution in [2.45, 2.75) is 17.7 Å². The number of carbonyl (C=O) groups is 1. The number of nitrogens with one attached hydrogen (secondary N) is 1. The Labute approximate surface area is 118 Å². The van der Waals surface area contributed by atoms with Crippen LogP contribution >= 0.6 is 45.8 Å². The molecule has 5 heteroatoms. The lowest BCUT2D eigenvalue weighted by molar-refractivity contribution is -0.117. The number of halogens is 3. The van der Waals surface area contributed by atoms with Gasteiger partial charge >= 0.3 is 0 Å². The van der Waals surface area contributed by atoms with Gasteiger partial charge < -0.3 is 5.32 Å². The predicted molar refractivity (Wildman–Crippen MR) is 75.1 cm³/mol. The second-order valence-electron chi connectivity index (χ2n) is 3.97. The lowest BCUT2D eigenvalue weighted by Crippen LogP contribution is -2.16. The third-order valence-corrected chi connectivity index (χ3v) is 4.58. The van der Waals surface area contributed by atoms with Gasteiger partial charge in [-0.05, 0) is 53.6 Å². The Balaban J connectivity index is 2.05. The van der Waals surface area contributed by atoms with Gasteiger partial charge in [0, 0.05) is 9.26 Å². The Hall–Kier alpha value is -0.000000000000000111. The molecule has 1 aromatic carbocycles. The van der Waals surface area contributed by atoms with Crippen LogP contribution < -0.4 is 5.32 Å². The van der Waals surface area contributed by atoms with Crippen LogP contribution in [0.2, 0.25) is 0 Å². The predicted octanol–water partition coefficient (Wildman–Crippen LogP) is 3.73. The maximum atomic E-state index is 11.7. The number of aryl methyl sites for hydroxylation is 1. The van der Waals surface area contributed by atoms with Crippen molar-refractivity contribution < 1.29 is 4.79 Å². The highest BCUT2D eigenvalue weighted by Crippen LogP contribution is 2.53. The Morgan fingerprint density at radius 3 is 2.69 bits per heavy atom. The van der Waals surface area contributed by atoms with Gasteiger partial charge in [-0.3, -0.25) is 4.79 Å². The molecule has 0 aromatic heterocycles. The van der Waals surface area contributed by atoms with E-state index in [-0.39, 0.29) is 11.8 Å². The van der Waals surface area contributed by atoms with E-state index in [0.29, 0.717) is 6.42 Å². The summed E-state index contributed by atoms with van der Waals surface area (Å²) in [5.41, 5.74) is 1.98. The van der Waals surface area contributed by atoms with Crippen LogP contribution in [0.15, 0.2) is 18.2 Å². The van der Waals surface area contributed by atoms with Gasteiger partial charge in [0.1, 0.15) is 4.33 Å². The zero-order chi connectivity index (χ0) is 11.9. The average Bonchev–Trinajstić information content (AvgIpc) is 2.82. The lowest BCUT2D eigenvalue weighted by Gasteiger charge is -2.06. The van der Waals surface area contributed by atoms with Crippen molar-refractivity contribution in [1.29, 1.82) is 0 Å². The molecule has 1 aliphatic rings. The molecule has 2 rings (SSSR count). The molecule has 0 radical (unpaired) electrons. The van der Waals surface area contributed by atoms with Crippen LogP contribution in [0.25, 0.3) is 0 Å². The minimum absolute atomic E-state index is 0.107. The van der Waals surface area contributed by atoms with Crippen molar-refractivity contribution in [2.24, 2.45) is 5.92 Å². The van der Waals surface area contributed by atoms with Crippen molar-refractivity contribution in [3.63, 3.8) is 0 Å². The van der Waals surface area contributed by atoms with E-state index in [9.17, 15) is 4.79 Å². The molecule has 1 saturated carbocycles. The van der Waals surface area contributed by atoms with Crippen LogP contribution in [0.3, 0.4) is 0 Å². The lowest BCUT2D eigenvalue weighted by atomic mass is 10.2. The van der Waals surface area contributed by atoms with Gasteiger partial charge in [0.25, 0.3) is 0 Å². The van der Waals surface area contributed by atoms with Crippen LogP contribution in [0.4, 0.5) is 5.69 Å². The second-order valence-corrected chi connectivity index (χ2v) is 6.68. The van der Waals surface area contributed by atoms with Crippen molar-refractivity contribution in [1.82, 2.24) is 0 Å². The molecule has 1 aromatic rings.